The molecule has 8 heteroatoms. The van der Waals surface area contributed by atoms with E-state index in [2.05, 4.69) is 20.5 Å². The number of hydrogen-bond acceptors (Lipinski definition) is 7. The number of benzene rings is 1. The molecule has 0 saturated heterocycles. The van der Waals surface area contributed by atoms with Crippen LogP contribution in [-0.4, -0.2) is 26.8 Å². The van der Waals surface area contributed by atoms with Gasteiger partial charge in [-0.05, 0) is 30.0 Å². The zero-order valence-corrected chi connectivity index (χ0v) is 15.4. The summed E-state index contributed by atoms with van der Waals surface area (Å²) in [6.07, 6.45) is 1.58. The van der Waals surface area contributed by atoms with Crippen molar-refractivity contribution in [2.75, 3.05) is 11.1 Å². The number of carbonyl (C=O) groups is 1. The van der Waals surface area contributed by atoms with E-state index in [4.69, 9.17) is 4.42 Å². The first-order valence-corrected chi connectivity index (χ1v) is 9.76. The molecular formula is C18H14N4O2S2. The molecule has 130 valence electrons. The molecule has 0 aliphatic rings. The minimum Gasteiger partial charge on any atom is -0.463 e. The Hall–Kier alpha value is -2.71. The number of rotatable bonds is 5. The van der Waals surface area contributed by atoms with Crippen molar-refractivity contribution in [1.29, 1.82) is 0 Å². The van der Waals surface area contributed by atoms with Crippen molar-refractivity contribution in [3.63, 3.8) is 0 Å². The number of fused-ring (bicyclic) bond motifs is 1. The van der Waals surface area contributed by atoms with Crippen molar-refractivity contribution in [3.8, 4) is 11.5 Å². The molecule has 0 bridgehead atoms. The molecule has 3 heterocycles. The summed E-state index contributed by atoms with van der Waals surface area (Å²) in [5.41, 5.74) is 1.85. The van der Waals surface area contributed by atoms with Gasteiger partial charge in [-0.3, -0.25) is 10.1 Å². The molecule has 1 N–H and O–H groups in total. The summed E-state index contributed by atoms with van der Waals surface area (Å²) in [5.74, 6) is 1.27. The van der Waals surface area contributed by atoms with Crippen LogP contribution >= 0.6 is 23.1 Å². The maximum Gasteiger partial charge on any atom is 0.258 e. The van der Waals surface area contributed by atoms with Gasteiger partial charge >= 0.3 is 0 Å². The predicted molar refractivity (Wildman–Crippen MR) is 104 cm³/mol. The fourth-order valence-electron chi connectivity index (χ4n) is 2.52. The van der Waals surface area contributed by atoms with Gasteiger partial charge in [-0.15, -0.1) is 10.2 Å². The molecule has 0 unspecified atom stereocenters. The van der Waals surface area contributed by atoms with E-state index in [-0.39, 0.29) is 5.91 Å². The summed E-state index contributed by atoms with van der Waals surface area (Å²) in [4.78, 5) is 17.5. The molecule has 0 aliphatic carbocycles. The molecule has 0 spiro atoms. The largest absolute Gasteiger partial charge is 0.463 e. The second-order valence-corrected chi connectivity index (χ2v) is 7.80. The van der Waals surface area contributed by atoms with Gasteiger partial charge in [-0.25, -0.2) is 4.98 Å². The first-order valence-electron chi connectivity index (χ1n) is 7.96. The second kappa shape index (κ2) is 7.27. The van der Waals surface area contributed by atoms with Crippen molar-refractivity contribution in [2.45, 2.75) is 11.3 Å². The fourth-order valence-corrected chi connectivity index (χ4v) is 4.16. The highest BCUT2D eigenvalue weighted by Gasteiger charge is 2.16. The average Bonchev–Trinajstić information content (AvgIpc) is 3.33. The molecule has 1 aromatic carbocycles. The van der Waals surface area contributed by atoms with Crippen LogP contribution in [0.5, 0.6) is 0 Å². The molecule has 3 aromatic heterocycles. The van der Waals surface area contributed by atoms with Crippen LogP contribution in [0.2, 0.25) is 0 Å². The van der Waals surface area contributed by atoms with Crippen LogP contribution in [0.4, 0.5) is 5.13 Å². The van der Waals surface area contributed by atoms with Crippen LogP contribution < -0.4 is 5.32 Å². The molecule has 6 nitrogen and oxygen atoms in total. The Morgan fingerprint density at radius 3 is 2.92 bits per heavy atom. The quantitative estimate of drug-likeness (QED) is 0.398. The molecule has 0 aliphatic heterocycles. The average molecular weight is 382 g/mol. The predicted octanol–water partition coefficient (Wildman–Crippen LogP) is 4.71. The van der Waals surface area contributed by atoms with Crippen LogP contribution in [0.1, 0.15) is 17.3 Å². The lowest BCUT2D eigenvalue weighted by molar-refractivity contribution is 0.102. The Kier molecular flexibility index (Phi) is 4.68. The normalized spacial score (nSPS) is 11.0. The van der Waals surface area contributed by atoms with Crippen molar-refractivity contribution < 1.29 is 9.21 Å². The Balaban J connectivity index is 1.72. The number of nitrogens with one attached hydrogen (secondary N) is 1. The fraction of sp³-hybridized carbons (Fsp3) is 0.111. The van der Waals surface area contributed by atoms with Gasteiger partial charge in [-0.1, -0.05) is 48.2 Å². The van der Waals surface area contributed by atoms with E-state index in [0.29, 0.717) is 22.1 Å². The second-order valence-electron chi connectivity index (χ2n) is 5.31. The van der Waals surface area contributed by atoms with E-state index >= 15 is 0 Å². The summed E-state index contributed by atoms with van der Waals surface area (Å²) in [6, 6.07) is 12.9. The van der Waals surface area contributed by atoms with Crippen molar-refractivity contribution >= 4 is 45.0 Å². The maximum atomic E-state index is 12.9. The number of amides is 1. The van der Waals surface area contributed by atoms with Gasteiger partial charge in [0.15, 0.2) is 10.1 Å². The van der Waals surface area contributed by atoms with Gasteiger partial charge < -0.3 is 4.42 Å². The summed E-state index contributed by atoms with van der Waals surface area (Å²) in [7, 11) is 0. The van der Waals surface area contributed by atoms with Gasteiger partial charge in [0.1, 0.15) is 5.69 Å². The number of pyridine rings is 1. The number of nitrogens with zero attached hydrogens (tertiary/aromatic N) is 3. The minimum atomic E-state index is -0.249. The zero-order chi connectivity index (χ0) is 17.9. The third-order valence-electron chi connectivity index (χ3n) is 3.63. The number of anilines is 1. The Bertz CT molecular complexity index is 1060. The van der Waals surface area contributed by atoms with Gasteiger partial charge in [0.2, 0.25) is 5.13 Å². The topological polar surface area (TPSA) is 80.9 Å². The highest BCUT2D eigenvalue weighted by Crippen LogP contribution is 2.28. The maximum absolute atomic E-state index is 12.9. The number of para-hydroxylation sites is 1. The minimum absolute atomic E-state index is 0.249. The van der Waals surface area contributed by atoms with Crippen LogP contribution in [0.15, 0.2) is 57.5 Å². The molecule has 1 amide bonds. The SMILES string of the molecule is CCSc1nnc(NC(=O)c2cc(-c3ccco3)nc3ccccc23)s1. The van der Waals surface area contributed by atoms with Gasteiger partial charge in [0.25, 0.3) is 5.91 Å². The number of aromatic nitrogens is 3. The number of furan rings is 1. The summed E-state index contributed by atoms with van der Waals surface area (Å²) < 4.78 is 6.27. The summed E-state index contributed by atoms with van der Waals surface area (Å²) in [5, 5.41) is 12.2. The standard InChI is InChI=1S/C18H14N4O2S2/c1-2-25-18-22-21-17(26-18)20-16(23)12-10-14(15-8-5-9-24-15)19-13-7-4-3-6-11(12)13/h3-10H,2H2,1H3,(H,20,21,23). The first-order chi connectivity index (χ1) is 12.7. The number of carbonyl (C=O) groups excluding carboxylic acids is 1. The monoisotopic (exact) mass is 382 g/mol. The lowest BCUT2D eigenvalue weighted by Gasteiger charge is -2.08. The summed E-state index contributed by atoms with van der Waals surface area (Å²) in [6.45, 7) is 2.05. The molecule has 0 atom stereocenters. The van der Waals surface area contributed by atoms with Crippen molar-refractivity contribution in [2.24, 2.45) is 0 Å². The van der Waals surface area contributed by atoms with Gasteiger partial charge in [0, 0.05) is 5.39 Å². The molecular weight excluding hydrogens is 368 g/mol. The number of hydrogen-bond donors (Lipinski definition) is 1. The molecule has 4 rings (SSSR count). The molecule has 0 radical (unpaired) electrons. The van der Waals surface area contributed by atoms with E-state index in [9.17, 15) is 4.79 Å². The van der Waals surface area contributed by atoms with E-state index in [1.54, 1.807) is 30.2 Å². The zero-order valence-electron chi connectivity index (χ0n) is 13.8. The highest BCUT2D eigenvalue weighted by atomic mass is 32.2. The molecule has 4 aromatic rings. The van der Waals surface area contributed by atoms with Gasteiger partial charge in [0.05, 0.1) is 17.3 Å². The Morgan fingerprint density at radius 1 is 1.23 bits per heavy atom. The van der Waals surface area contributed by atoms with E-state index in [1.165, 1.54) is 11.3 Å². The lowest BCUT2D eigenvalue weighted by Crippen LogP contribution is -2.13. The number of thioether (sulfide) groups is 1. The third-order valence-corrected chi connectivity index (χ3v) is 5.48. The molecule has 0 saturated carbocycles. The highest BCUT2D eigenvalue weighted by molar-refractivity contribution is 8.01. The Morgan fingerprint density at radius 2 is 2.12 bits per heavy atom. The van der Waals surface area contributed by atoms with Crippen LogP contribution in [0.25, 0.3) is 22.4 Å². The van der Waals surface area contributed by atoms with Gasteiger partial charge in [-0.2, -0.15) is 0 Å². The van der Waals surface area contributed by atoms with E-state index in [0.717, 1.165) is 21.0 Å². The smallest absolute Gasteiger partial charge is 0.258 e. The van der Waals surface area contributed by atoms with Crippen molar-refractivity contribution in [3.05, 3.63) is 54.3 Å². The van der Waals surface area contributed by atoms with Crippen LogP contribution in [0, 0.1) is 0 Å². The van der Waals surface area contributed by atoms with E-state index in [1.807, 2.05) is 37.3 Å². The molecule has 26 heavy (non-hydrogen) atoms. The Labute approximate surface area is 157 Å². The van der Waals surface area contributed by atoms with Crippen molar-refractivity contribution in [1.82, 2.24) is 15.2 Å². The van der Waals surface area contributed by atoms with E-state index < -0.39 is 0 Å². The summed E-state index contributed by atoms with van der Waals surface area (Å²) >= 11 is 2.96. The third kappa shape index (κ3) is 3.33. The van der Waals surface area contributed by atoms with Crippen LogP contribution in [0.3, 0.4) is 0 Å². The van der Waals surface area contributed by atoms with Crippen LogP contribution in [-0.2, 0) is 0 Å². The first kappa shape index (κ1) is 16.7. The molecule has 0 fully saturated rings. The lowest BCUT2D eigenvalue weighted by atomic mass is 10.1.